The predicted molar refractivity (Wildman–Crippen MR) is 113 cm³/mol. The number of imide groups is 1. The minimum absolute atomic E-state index is 0.120. The second kappa shape index (κ2) is 9.16. The lowest BCUT2D eigenvalue weighted by Crippen LogP contribution is -2.46. The van der Waals surface area contributed by atoms with Crippen LogP contribution in [0.2, 0.25) is 0 Å². The van der Waals surface area contributed by atoms with E-state index in [2.05, 4.69) is 4.90 Å². The highest BCUT2D eigenvalue weighted by molar-refractivity contribution is 6.22. The van der Waals surface area contributed by atoms with E-state index in [4.69, 9.17) is 4.74 Å². The highest BCUT2D eigenvalue weighted by Gasteiger charge is 2.43. The van der Waals surface area contributed by atoms with Gasteiger partial charge in [-0.1, -0.05) is 0 Å². The monoisotopic (exact) mass is 413 g/mol. The van der Waals surface area contributed by atoms with E-state index in [1.54, 1.807) is 24.3 Å². The topological polar surface area (TPSA) is 70.2 Å². The molecule has 0 aliphatic carbocycles. The van der Waals surface area contributed by atoms with Crippen molar-refractivity contribution in [3.8, 4) is 5.75 Å². The van der Waals surface area contributed by atoms with Gasteiger partial charge < -0.3 is 9.64 Å². The molecule has 0 spiro atoms. The van der Waals surface area contributed by atoms with Crippen molar-refractivity contribution in [2.24, 2.45) is 5.92 Å². The van der Waals surface area contributed by atoms with E-state index in [0.717, 1.165) is 57.6 Å². The molecule has 7 heteroatoms. The number of ether oxygens (including phenoxy) is 1. The second-order valence-electron chi connectivity index (χ2n) is 8.47. The zero-order valence-corrected chi connectivity index (χ0v) is 17.7. The maximum absolute atomic E-state index is 13.0. The molecule has 0 aromatic heterocycles. The molecule has 0 saturated carbocycles. The molecular weight excluding hydrogens is 382 g/mol. The van der Waals surface area contributed by atoms with Gasteiger partial charge in [-0.2, -0.15) is 0 Å². The lowest BCUT2D eigenvalue weighted by Gasteiger charge is -2.35. The maximum atomic E-state index is 13.0. The first-order chi connectivity index (χ1) is 14.6. The van der Waals surface area contributed by atoms with Gasteiger partial charge in [0.15, 0.2) is 0 Å². The van der Waals surface area contributed by atoms with E-state index in [9.17, 15) is 14.4 Å². The number of piperidine rings is 1. The normalized spacial score (nSPS) is 23.6. The van der Waals surface area contributed by atoms with Crippen LogP contribution in [0, 0.1) is 5.92 Å². The van der Waals surface area contributed by atoms with Gasteiger partial charge in [0.25, 0.3) is 5.91 Å². The SMILES string of the molecule is CCOc1ccc(N2C(=O)C[C@@H](N3CCC(CCN4CCCC4=O)CC3)C2=O)cc1. The van der Waals surface area contributed by atoms with Crippen molar-refractivity contribution in [3.05, 3.63) is 24.3 Å². The molecule has 1 aromatic rings. The van der Waals surface area contributed by atoms with Crippen LogP contribution in [0.25, 0.3) is 0 Å². The number of hydrogen-bond acceptors (Lipinski definition) is 5. The van der Waals surface area contributed by atoms with Crippen LogP contribution in [0.5, 0.6) is 5.75 Å². The first-order valence-electron chi connectivity index (χ1n) is 11.2. The van der Waals surface area contributed by atoms with Gasteiger partial charge in [-0.25, -0.2) is 4.90 Å². The Bertz CT molecular complexity index is 786. The van der Waals surface area contributed by atoms with Gasteiger partial charge in [0.05, 0.1) is 24.8 Å². The molecular formula is C23H31N3O4. The number of benzene rings is 1. The molecule has 3 amide bonds. The largest absolute Gasteiger partial charge is 0.494 e. The molecule has 3 fully saturated rings. The third kappa shape index (κ3) is 4.36. The summed E-state index contributed by atoms with van der Waals surface area (Å²) in [5.74, 6) is 1.35. The fourth-order valence-electron chi connectivity index (χ4n) is 4.86. The van der Waals surface area contributed by atoms with E-state index in [0.29, 0.717) is 24.6 Å². The van der Waals surface area contributed by atoms with E-state index in [1.165, 1.54) is 4.90 Å². The molecule has 30 heavy (non-hydrogen) atoms. The Morgan fingerprint density at radius 1 is 1.00 bits per heavy atom. The van der Waals surface area contributed by atoms with Crippen molar-refractivity contribution in [3.63, 3.8) is 0 Å². The Labute approximate surface area is 177 Å². The summed E-state index contributed by atoms with van der Waals surface area (Å²) in [7, 11) is 0. The van der Waals surface area contributed by atoms with Gasteiger partial charge in [-0.05, 0) is 75.9 Å². The third-order valence-electron chi connectivity index (χ3n) is 6.60. The average Bonchev–Trinajstić information content (AvgIpc) is 3.30. The average molecular weight is 414 g/mol. The molecule has 0 radical (unpaired) electrons. The van der Waals surface area contributed by atoms with E-state index >= 15 is 0 Å². The molecule has 1 aromatic carbocycles. The molecule has 3 aliphatic heterocycles. The van der Waals surface area contributed by atoms with Crippen LogP contribution in [0.3, 0.4) is 0 Å². The van der Waals surface area contributed by atoms with Crippen molar-refractivity contribution in [1.29, 1.82) is 0 Å². The fourth-order valence-corrected chi connectivity index (χ4v) is 4.86. The van der Waals surface area contributed by atoms with Crippen LogP contribution in [0.1, 0.15) is 45.4 Å². The number of amides is 3. The summed E-state index contributed by atoms with van der Waals surface area (Å²) >= 11 is 0. The summed E-state index contributed by atoms with van der Waals surface area (Å²) in [5.41, 5.74) is 0.612. The van der Waals surface area contributed by atoms with Gasteiger partial charge in [0.2, 0.25) is 11.8 Å². The number of carbonyl (C=O) groups excluding carboxylic acids is 3. The van der Waals surface area contributed by atoms with Gasteiger partial charge in [0, 0.05) is 19.5 Å². The maximum Gasteiger partial charge on any atom is 0.251 e. The van der Waals surface area contributed by atoms with Gasteiger partial charge in [0.1, 0.15) is 5.75 Å². The van der Waals surface area contributed by atoms with E-state index < -0.39 is 0 Å². The number of anilines is 1. The highest BCUT2D eigenvalue weighted by atomic mass is 16.5. The molecule has 1 atom stereocenters. The summed E-state index contributed by atoms with van der Waals surface area (Å²) in [6.07, 6.45) is 5.00. The van der Waals surface area contributed by atoms with E-state index in [-0.39, 0.29) is 30.2 Å². The Morgan fingerprint density at radius 2 is 1.73 bits per heavy atom. The minimum Gasteiger partial charge on any atom is -0.494 e. The lowest BCUT2D eigenvalue weighted by atomic mass is 9.92. The Morgan fingerprint density at radius 3 is 2.37 bits per heavy atom. The summed E-state index contributed by atoms with van der Waals surface area (Å²) < 4.78 is 5.44. The summed E-state index contributed by atoms with van der Waals surface area (Å²) in [6.45, 7) is 5.92. The third-order valence-corrected chi connectivity index (χ3v) is 6.60. The first-order valence-corrected chi connectivity index (χ1v) is 11.2. The zero-order valence-electron chi connectivity index (χ0n) is 17.7. The van der Waals surface area contributed by atoms with Crippen LogP contribution in [0.4, 0.5) is 5.69 Å². The van der Waals surface area contributed by atoms with Crippen LogP contribution in [-0.2, 0) is 14.4 Å². The predicted octanol–water partition coefficient (Wildman–Crippen LogP) is 2.44. The number of likely N-dealkylation sites (tertiary alicyclic amines) is 2. The van der Waals surface area contributed by atoms with Crippen molar-refractivity contribution >= 4 is 23.4 Å². The minimum atomic E-state index is -0.356. The standard InChI is InChI=1S/C23H31N3O4/c1-2-30-19-7-5-18(6-8-19)26-22(28)16-20(23(26)29)24-13-9-17(10-14-24)11-15-25-12-3-4-21(25)27/h5-8,17,20H,2-4,9-16H2,1H3/t20-/m1/s1. The highest BCUT2D eigenvalue weighted by Crippen LogP contribution is 2.30. The van der Waals surface area contributed by atoms with Crippen LogP contribution < -0.4 is 9.64 Å². The number of hydrogen-bond donors (Lipinski definition) is 0. The van der Waals surface area contributed by atoms with Crippen molar-refractivity contribution in [2.75, 3.05) is 37.7 Å². The summed E-state index contributed by atoms with van der Waals surface area (Å²) in [5, 5.41) is 0. The molecule has 3 heterocycles. The van der Waals surface area contributed by atoms with Crippen LogP contribution in [-0.4, -0.2) is 66.3 Å². The molecule has 0 bridgehead atoms. The fraction of sp³-hybridized carbons (Fsp3) is 0.609. The second-order valence-corrected chi connectivity index (χ2v) is 8.47. The lowest BCUT2D eigenvalue weighted by molar-refractivity contribution is -0.128. The number of rotatable bonds is 7. The van der Waals surface area contributed by atoms with Crippen molar-refractivity contribution < 1.29 is 19.1 Å². The molecule has 3 aliphatic rings. The Balaban J connectivity index is 1.30. The molecule has 4 rings (SSSR count). The smallest absolute Gasteiger partial charge is 0.251 e. The van der Waals surface area contributed by atoms with Crippen LogP contribution in [0.15, 0.2) is 24.3 Å². The Kier molecular flexibility index (Phi) is 6.37. The first kappa shape index (κ1) is 20.8. The quantitative estimate of drug-likeness (QED) is 0.642. The van der Waals surface area contributed by atoms with Crippen molar-refractivity contribution in [1.82, 2.24) is 9.80 Å². The van der Waals surface area contributed by atoms with Crippen LogP contribution >= 0.6 is 0 Å². The van der Waals surface area contributed by atoms with Gasteiger partial charge >= 0.3 is 0 Å². The molecule has 3 saturated heterocycles. The van der Waals surface area contributed by atoms with E-state index in [1.807, 2.05) is 11.8 Å². The summed E-state index contributed by atoms with van der Waals surface area (Å²) in [6, 6.07) is 6.78. The number of carbonyl (C=O) groups is 3. The van der Waals surface area contributed by atoms with Crippen molar-refractivity contribution in [2.45, 2.75) is 51.5 Å². The summed E-state index contributed by atoms with van der Waals surface area (Å²) in [4.78, 5) is 42.9. The zero-order chi connectivity index (χ0) is 21.1. The molecule has 0 N–H and O–H groups in total. The Hall–Kier alpha value is -2.41. The molecule has 7 nitrogen and oxygen atoms in total. The molecule has 0 unspecified atom stereocenters. The van der Waals surface area contributed by atoms with Gasteiger partial charge in [-0.3, -0.25) is 19.3 Å². The molecule has 162 valence electrons. The van der Waals surface area contributed by atoms with Gasteiger partial charge in [-0.15, -0.1) is 0 Å². The number of nitrogens with zero attached hydrogens (tertiary/aromatic N) is 3.